The molecule has 51 heavy (non-hydrogen) atoms. The number of aliphatic hydroxyl groups excluding tert-OH is 1. The van der Waals surface area contributed by atoms with E-state index in [1.807, 2.05) is 79.7 Å². The average molecular weight is 733 g/mol. The lowest BCUT2D eigenvalue weighted by molar-refractivity contribution is -0.144. The molecule has 0 aromatic heterocycles. The summed E-state index contributed by atoms with van der Waals surface area (Å²) in [6.07, 6.45) is 0. The van der Waals surface area contributed by atoms with Crippen LogP contribution in [0.15, 0.2) is 72.8 Å². The second-order valence-corrected chi connectivity index (χ2v) is 13.8. The number of halogens is 2. The van der Waals surface area contributed by atoms with Crippen molar-refractivity contribution in [2.45, 2.75) is 32.9 Å². The molecule has 2 aliphatic heterocycles. The minimum absolute atomic E-state index is 0.0140. The van der Waals surface area contributed by atoms with Crippen molar-refractivity contribution in [1.82, 2.24) is 5.32 Å². The highest BCUT2D eigenvalue weighted by Crippen LogP contribution is 2.45. The first kappa shape index (κ1) is 36.2. The number of benzene rings is 4. The van der Waals surface area contributed by atoms with E-state index in [-0.39, 0.29) is 37.6 Å². The van der Waals surface area contributed by atoms with Crippen LogP contribution in [0.2, 0.25) is 10.0 Å². The van der Waals surface area contributed by atoms with Gasteiger partial charge in [0, 0.05) is 41.4 Å². The summed E-state index contributed by atoms with van der Waals surface area (Å²) in [5.41, 5.74) is 5.99. The third-order valence-corrected chi connectivity index (χ3v) is 9.69. The molecule has 0 bridgehead atoms. The van der Waals surface area contributed by atoms with Gasteiger partial charge < -0.3 is 29.1 Å². The number of carbonyl (C=O) groups is 3. The lowest BCUT2D eigenvalue weighted by atomic mass is 9.95. The molecular formula is C39H39Cl2N3O7. The van der Waals surface area contributed by atoms with Crippen LogP contribution < -0.4 is 24.6 Å². The van der Waals surface area contributed by atoms with Gasteiger partial charge in [0.15, 0.2) is 13.2 Å². The van der Waals surface area contributed by atoms with Gasteiger partial charge >= 0.3 is 5.97 Å². The summed E-state index contributed by atoms with van der Waals surface area (Å²) in [6.45, 7) is 6.20. The fourth-order valence-corrected chi connectivity index (χ4v) is 7.12. The molecule has 0 saturated carbocycles. The number of methoxy groups -OCH3 is 1. The summed E-state index contributed by atoms with van der Waals surface area (Å²) in [5, 5.41) is 13.6. The zero-order chi connectivity index (χ0) is 36.4. The molecular weight excluding hydrogens is 693 g/mol. The highest BCUT2D eigenvalue weighted by Gasteiger charge is 2.30. The number of esters is 1. The molecule has 0 aliphatic carbocycles. The molecule has 2 atom stereocenters. The number of amides is 2. The fourth-order valence-electron chi connectivity index (χ4n) is 6.44. The summed E-state index contributed by atoms with van der Waals surface area (Å²) in [7, 11) is 1.25. The largest absolute Gasteiger partial charge is 0.482 e. The van der Waals surface area contributed by atoms with E-state index in [1.165, 1.54) is 7.11 Å². The van der Waals surface area contributed by atoms with Crippen LogP contribution in [0.3, 0.4) is 0 Å². The number of hydrogen-bond acceptors (Lipinski definition) is 8. The van der Waals surface area contributed by atoms with E-state index in [0.29, 0.717) is 39.7 Å². The third-order valence-electron chi connectivity index (χ3n) is 8.87. The number of rotatable bonds is 11. The van der Waals surface area contributed by atoms with Gasteiger partial charge in [0.05, 0.1) is 35.1 Å². The van der Waals surface area contributed by atoms with E-state index in [9.17, 15) is 19.5 Å². The first-order chi connectivity index (χ1) is 24.5. The average Bonchev–Trinajstić information content (AvgIpc) is 3.12. The molecule has 10 nitrogen and oxygen atoms in total. The Kier molecular flexibility index (Phi) is 10.9. The highest BCUT2D eigenvalue weighted by molar-refractivity contribution is 6.39. The topological polar surface area (TPSA) is 118 Å². The molecule has 266 valence electrons. The van der Waals surface area contributed by atoms with E-state index < -0.39 is 18.6 Å². The van der Waals surface area contributed by atoms with Gasteiger partial charge in [0.25, 0.3) is 11.8 Å². The van der Waals surface area contributed by atoms with Crippen LogP contribution in [0.25, 0.3) is 33.4 Å². The maximum atomic E-state index is 12.9. The van der Waals surface area contributed by atoms with Crippen LogP contribution in [0, 0.1) is 5.92 Å². The molecule has 12 heteroatoms. The monoisotopic (exact) mass is 731 g/mol. The Labute approximate surface area is 306 Å². The number of fused-ring (bicyclic) bond motifs is 2. The van der Waals surface area contributed by atoms with Gasteiger partial charge in [0.1, 0.15) is 17.5 Å². The van der Waals surface area contributed by atoms with Crippen LogP contribution in [0.4, 0.5) is 11.4 Å². The van der Waals surface area contributed by atoms with Crippen molar-refractivity contribution in [3.8, 4) is 44.9 Å². The minimum atomic E-state index is -0.911. The zero-order valence-corrected chi connectivity index (χ0v) is 30.3. The van der Waals surface area contributed by atoms with Crippen molar-refractivity contribution in [2.24, 2.45) is 5.92 Å². The van der Waals surface area contributed by atoms with E-state index in [2.05, 4.69) is 19.2 Å². The molecule has 4 aromatic carbocycles. The number of anilines is 2. The Hall–Kier alpha value is -4.61. The van der Waals surface area contributed by atoms with E-state index in [0.717, 1.165) is 39.1 Å². The summed E-state index contributed by atoms with van der Waals surface area (Å²) in [6, 6.07) is 21.6. The number of carbonyl (C=O) groups excluding carboxylic acids is 3. The van der Waals surface area contributed by atoms with Crippen molar-refractivity contribution in [3.05, 3.63) is 82.8 Å². The molecule has 0 saturated heterocycles. The van der Waals surface area contributed by atoms with Crippen LogP contribution in [-0.2, 0) is 19.1 Å². The summed E-state index contributed by atoms with van der Waals surface area (Å²) < 4.78 is 16.4. The molecule has 2 N–H and O–H groups in total. The number of nitrogens with one attached hydrogen (secondary N) is 1. The molecule has 0 fully saturated rings. The van der Waals surface area contributed by atoms with Gasteiger partial charge in [-0.1, -0.05) is 85.6 Å². The third kappa shape index (κ3) is 7.41. The molecule has 4 aromatic rings. The number of aliphatic hydroxyl groups is 1. The summed E-state index contributed by atoms with van der Waals surface area (Å²) >= 11 is 14.2. The molecule has 0 radical (unpaired) electrons. The Morgan fingerprint density at radius 3 is 1.71 bits per heavy atom. The molecule has 2 aliphatic rings. The predicted molar refractivity (Wildman–Crippen MR) is 199 cm³/mol. The Morgan fingerprint density at radius 1 is 0.784 bits per heavy atom. The highest BCUT2D eigenvalue weighted by atomic mass is 35.5. The lowest BCUT2D eigenvalue weighted by Crippen LogP contribution is -2.51. The van der Waals surface area contributed by atoms with Gasteiger partial charge in [0.2, 0.25) is 0 Å². The second kappa shape index (κ2) is 15.3. The smallest absolute Gasteiger partial charge is 0.325 e. The number of ether oxygens (including phenoxy) is 3. The maximum absolute atomic E-state index is 12.9. The summed E-state index contributed by atoms with van der Waals surface area (Å²) in [4.78, 5) is 40.8. The second-order valence-electron chi connectivity index (χ2n) is 13.0. The summed E-state index contributed by atoms with van der Waals surface area (Å²) in [5.74, 6) is 0.559. The predicted octanol–water partition coefficient (Wildman–Crippen LogP) is 6.61. The van der Waals surface area contributed by atoms with Crippen molar-refractivity contribution in [1.29, 1.82) is 0 Å². The van der Waals surface area contributed by atoms with Crippen LogP contribution in [-0.4, -0.2) is 75.0 Å². The lowest BCUT2D eigenvalue weighted by Gasteiger charge is -2.32. The van der Waals surface area contributed by atoms with E-state index in [4.69, 9.17) is 37.4 Å². The van der Waals surface area contributed by atoms with Crippen LogP contribution >= 0.6 is 23.2 Å². The van der Waals surface area contributed by atoms with Gasteiger partial charge in [-0.05, 0) is 48.2 Å². The van der Waals surface area contributed by atoms with Crippen molar-refractivity contribution >= 4 is 52.4 Å². The fraction of sp³-hybridized carbons (Fsp3) is 0.308. The Morgan fingerprint density at radius 2 is 1.25 bits per heavy atom. The Bertz CT molecular complexity index is 1980. The minimum Gasteiger partial charge on any atom is -0.482 e. The molecule has 2 heterocycles. The van der Waals surface area contributed by atoms with Gasteiger partial charge in [-0.15, -0.1) is 0 Å². The molecule has 0 unspecified atom stereocenters. The number of nitrogens with zero attached hydrogens (tertiary/aromatic N) is 2. The molecule has 6 rings (SSSR count). The van der Waals surface area contributed by atoms with Gasteiger partial charge in [-0.3, -0.25) is 19.7 Å². The molecule has 0 spiro atoms. The Balaban J connectivity index is 1.28. The first-order valence-corrected chi connectivity index (χ1v) is 17.4. The number of hydrogen-bond donors (Lipinski definition) is 2. The standard InChI is InChI=1S/C39H39Cl2N3O7/c1-22(2)17-43-31-13-11-24(15-33(31)50-20-35(43)46)26-7-5-9-28(37(26)40)29-10-6-8-27(38(29)41)25-12-14-32-34(16-25)51-21-36(47)44(32)18-23(3)42-30(19-45)39(48)49-4/h5-16,22-23,30,42,45H,17-21H2,1-4H3/t23-,30+/m1/s1. The van der Waals surface area contributed by atoms with Gasteiger partial charge in [-0.2, -0.15) is 0 Å². The van der Waals surface area contributed by atoms with Gasteiger partial charge in [-0.25, -0.2) is 0 Å². The SMILES string of the molecule is COC(=O)[C@H](CO)N[C@H](C)CN1C(=O)COc2cc(-c3cccc(-c4cccc(-c5ccc6c(c5)OCC(=O)N6CC(C)C)c4Cl)c3Cl)ccc21. The van der Waals surface area contributed by atoms with Crippen LogP contribution in [0.5, 0.6) is 11.5 Å². The van der Waals surface area contributed by atoms with E-state index in [1.54, 1.807) is 9.80 Å². The first-order valence-electron chi connectivity index (χ1n) is 16.7. The maximum Gasteiger partial charge on any atom is 0.325 e. The van der Waals surface area contributed by atoms with Crippen LogP contribution in [0.1, 0.15) is 20.8 Å². The quantitative estimate of drug-likeness (QED) is 0.166. The normalized spacial score (nSPS) is 15.1. The van der Waals surface area contributed by atoms with E-state index >= 15 is 0 Å². The van der Waals surface area contributed by atoms with Crippen molar-refractivity contribution in [2.75, 3.05) is 49.8 Å². The zero-order valence-electron chi connectivity index (χ0n) is 28.7. The molecule has 2 amide bonds. The van der Waals surface area contributed by atoms with Crippen molar-refractivity contribution < 1.29 is 33.7 Å². The van der Waals surface area contributed by atoms with Crippen molar-refractivity contribution in [3.63, 3.8) is 0 Å².